The van der Waals surface area contributed by atoms with Crippen molar-refractivity contribution in [1.82, 2.24) is 0 Å². The molecule has 2 rings (SSSR count). The molecular formula is C12H7ClMg. The minimum Gasteiger partial charge on any atom is -1.00 e. The molecule has 0 spiro atoms. The van der Waals surface area contributed by atoms with Crippen molar-refractivity contribution in [2.45, 2.75) is 0 Å². The van der Waals surface area contributed by atoms with Crippen LogP contribution in [0, 0.1) is 12.3 Å². The van der Waals surface area contributed by atoms with Crippen molar-refractivity contribution in [1.29, 1.82) is 0 Å². The summed E-state index contributed by atoms with van der Waals surface area (Å²) in [6.45, 7) is 0. The molecule has 0 fully saturated rings. The van der Waals surface area contributed by atoms with Gasteiger partial charge in [-0.05, 0) is 5.39 Å². The Hall–Kier alpha value is -0.684. The van der Waals surface area contributed by atoms with Crippen LogP contribution in [0.5, 0.6) is 0 Å². The molecule has 2 aromatic carbocycles. The Morgan fingerprint density at radius 1 is 0.929 bits per heavy atom. The van der Waals surface area contributed by atoms with Gasteiger partial charge in [0.15, 0.2) is 0 Å². The van der Waals surface area contributed by atoms with E-state index >= 15 is 0 Å². The van der Waals surface area contributed by atoms with E-state index in [-0.39, 0.29) is 35.5 Å². The molecule has 0 N–H and O–H groups in total. The average molecular weight is 211 g/mol. The molecule has 0 nitrogen and oxygen atoms in total. The Kier molecular flexibility index (Phi) is 5.64. The van der Waals surface area contributed by atoms with Crippen molar-refractivity contribution in [3.05, 3.63) is 54.5 Å². The quantitative estimate of drug-likeness (QED) is 0.310. The summed E-state index contributed by atoms with van der Waals surface area (Å²) in [5, 5.41) is 2.25. The van der Waals surface area contributed by atoms with E-state index in [1.807, 2.05) is 42.5 Å². The Morgan fingerprint density at radius 3 is 2.29 bits per heavy atom. The summed E-state index contributed by atoms with van der Waals surface area (Å²) in [5.41, 5.74) is 0.855. The van der Waals surface area contributed by atoms with Crippen LogP contribution in [0.4, 0.5) is 0 Å². The molecule has 0 aromatic heterocycles. The number of fused-ring (bicyclic) bond motifs is 1. The van der Waals surface area contributed by atoms with E-state index in [4.69, 9.17) is 6.42 Å². The van der Waals surface area contributed by atoms with Gasteiger partial charge in [-0.15, -0.1) is 11.6 Å². The fourth-order valence-electron chi connectivity index (χ4n) is 1.33. The van der Waals surface area contributed by atoms with E-state index in [0.717, 1.165) is 16.3 Å². The Balaban J connectivity index is 0.000000845. The van der Waals surface area contributed by atoms with Crippen LogP contribution in [-0.2, 0) is 0 Å². The first kappa shape index (κ1) is 13.3. The molecule has 2 aromatic rings. The summed E-state index contributed by atoms with van der Waals surface area (Å²) in [4.78, 5) is 0. The molecule has 0 unspecified atom stereocenters. The summed E-state index contributed by atoms with van der Waals surface area (Å²) in [6.07, 6.45) is 7.08. The first-order valence-electron chi connectivity index (χ1n) is 3.82. The van der Waals surface area contributed by atoms with Crippen molar-refractivity contribution in [3.63, 3.8) is 0 Å². The third-order valence-electron chi connectivity index (χ3n) is 1.92. The van der Waals surface area contributed by atoms with Gasteiger partial charge in [0, 0.05) is 0 Å². The minimum atomic E-state index is 0. The van der Waals surface area contributed by atoms with Gasteiger partial charge in [0.25, 0.3) is 0 Å². The normalized spacial score (nSPS) is 8.21. The molecule has 0 atom stereocenters. The summed E-state index contributed by atoms with van der Waals surface area (Å²) < 4.78 is 0. The summed E-state index contributed by atoms with van der Waals surface area (Å²) in [5.74, 6) is 2.42. The maximum Gasteiger partial charge on any atom is 2.00 e. The predicted molar refractivity (Wildman–Crippen MR) is 55.9 cm³/mol. The van der Waals surface area contributed by atoms with E-state index in [9.17, 15) is 0 Å². The second-order valence-corrected chi connectivity index (χ2v) is 2.65. The summed E-state index contributed by atoms with van der Waals surface area (Å²) in [6, 6.07) is 13.9. The maximum atomic E-state index is 7.08. The smallest absolute Gasteiger partial charge is 1.00 e. The number of hydrogen-bond donors (Lipinski definition) is 0. The van der Waals surface area contributed by atoms with Gasteiger partial charge < -0.3 is 18.8 Å². The zero-order valence-corrected chi connectivity index (χ0v) is 9.80. The van der Waals surface area contributed by atoms with E-state index in [2.05, 4.69) is 5.92 Å². The molecule has 0 heterocycles. The first-order valence-corrected chi connectivity index (χ1v) is 3.82. The van der Waals surface area contributed by atoms with Gasteiger partial charge in [-0.25, -0.2) is 0 Å². The Labute approximate surface area is 106 Å². The maximum absolute atomic E-state index is 7.08. The molecule has 0 saturated heterocycles. The third kappa shape index (κ3) is 2.42. The largest absolute Gasteiger partial charge is 2.00 e. The van der Waals surface area contributed by atoms with Crippen molar-refractivity contribution < 1.29 is 12.4 Å². The van der Waals surface area contributed by atoms with E-state index in [1.165, 1.54) is 0 Å². The van der Waals surface area contributed by atoms with Gasteiger partial charge in [-0.3, -0.25) is 5.92 Å². The fourth-order valence-corrected chi connectivity index (χ4v) is 1.33. The molecule has 64 valence electrons. The third-order valence-corrected chi connectivity index (χ3v) is 1.92. The van der Waals surface area contributed by atoms with Gasteiger partial charge in [-0.2, -0.15) is 0 Å². The molecule has 0 aliphatic heterocycles. The van der Waals surface area contributed by atoms with Crippen LogP contribution in [-0.4, -0.2) is 23.1 Å². The zero-order chi connectivity index (χ0) is 8.39. The standard InChI is InChI=1S/C12H7.ClH.Mg/c1-2-10-7-5-8-11-6-3-4-9-12(10)11;;/h3-9H;1H;/q-1;;+2/p-1. The SMILES string of the molecule is [C-]#Cc1cccc2ccccc12.[Cl-].[Mg+2]. The molecule has 0 amide bonds. The topological polar surface area (TPSA) is 0 Å². The van der Waals surface area contributed by atoms with Crippen molar-refractivity contribution >= 4 is 33.8 Å². The van der Waals surface area contributed by atoms with Gasteiger partial charge in [-0.1, -0.05) is 41.8 Å². The second kappa shape index (κ2) is 5.92. The van der Waals surface area contributed by atoms with E-state index in [1.54, 1.807) is 0 Å². The molecule has 2 heteroatoms. The van der Waals surface area contributed by atoms with Crippen LogP contribution in [0.1, 0.15) is 5.56 Å². The fraction of sp³-hybridized carbons (Fsp3) is 0. The molecular weight excluding hydrogens is 204 g/mol. The summed E-state index contributed by atoms with van der Waals surface area (Å²) in [7, 11) is 0. The number of rotatable bonds is 0. The monoisotopic (exact) mass is 210 g/mol. The van der Waals surface area contributed by atoms with Crippen LogP contribution in [0.3, 0.4) is 0 Å². The second-order valence-electron chi connectivity index (χ2n) is 2.65. The minimum absolute atomic E-state index is 0. The molecule has 0 bridgehead atoms. The molecule has 14 heavy (non-hydrogen) atoms. The van der Waals surface area contributed by atoms with Crippen LogP contribution >= 0.6 is 0 Å². The number of benzene rings is 2. The average Bonchev–Trinajstić information content (AvgIpc) is 2.17. The predicted octanol–water partition coefficient (Wildman–Crippen LogP) is -0.599. The summed E-state index contributed by atoms with van der Waals surface area (Å²) >= 11 is 0. The molecule has 0 aliphatic rings. The van der Waals surface area contributed by atoms with Gasteiger partial charge in [0.05, 0.1) is 0 Å². The van der Waals surface area contributed by atoms with Gasteiger partial charge in [0.2, 0.25) is 0 Å². The van der Waals surface area contributed by atoms with Crippen LogP contribution in [0.2, 0.25) is 0 Å². The zero-order valence-electron chi connectivity index (χ0n) is 7.63. The molecule has 0 saturated carbocycles. The van der Waals surface area contributed by atoms with E-state index in [0.29, 0.717) is 0 Å². The van der Waals surface area contributed by atoms with E-state index < -0.39 is 0 Å². The Morgan fingerprint density at radius 2 is 1.57 bits per heavy atom. The van der Waals surface area contributed by atoms with Gasteiger partial charge in [0.1, 0.15) is 0 Å². The van der Waals surface area contributed by atoms with Crippen molar-refractivity contribution in [3.8, 4) is 5.92 Å². The van der Waals surface area contributed by atoms with Crippen LogP contribution in [0.15, 0.2) is 42.5 Å². The number of hydrogen-bond acceptors (Lipinski definition) is 0. The Bertz CT molecular complexity index is 452. The van der Waals surface area contributed by atoms with Crippen LogP contribution < -0.4 is 12.4 Å². The first-order chi connectivity index (χ1) is 5.92. The van der Waals surface area contributed by atoms with Crippen molar-refractivity contribution in [2.24, 2.45) is 0 Å². The van der Waals surface area contributed by atoms with Crippen molar-refractivity contribution in [2.75, 3.05) is 0 Å². The van der Waals surface area contributed by atoms with Gasteiger partial charge >= 0.3 is 23.1 Å². The molecule has 0 radical (unpaired) electrons. The molecule has 0 aliphatic carbocycles. The van der Waals surface area contributed by atoms with Crippen LogP contribution in [0.25, 0.3) is 10.8 Å². The number of halogens is 1.